The van der Waals surface area contributed by atoms with Crippen molar-refractivity contribution in [3.63, 3.8) is 0 Å². The molecule has 1 heterocycles. The third-order valence-electron chi connectivity index (χ3n) is 5.00. The molecule has 8 heteroatoms. The normalized spacial score (nSPS) is 19.8. The minimum absolute atomic E-state index is 0.184. The monoisotopic (exact) mass is 367 g/mol. The molecule has 6 nitrogen and oxygen atoms in total. The fourth-order valence-electron chi connectivity index (χ4n) is 3.63. The molecule has 3 rings (SSSR count). The average molecular weight is 367 g/mol. The largest absolute Gasteiger partial charge is 0.394 e. The number of anilines is 1. The van der Waals surface area contributed by atoms with Crippen LogP contribution in [0.15, 0.2) is 18.2 Å². The zero-order chi connectivity index (χ0) is 18.9. The maximum Gasteiger partial charge on any atom is 0.259 e. The van der Waals surface area contributed by atoms with E-state index in [0.717, 1.165) is 0 Å². The summed E-state index contributed by atoms with van der Waals surface area (Å²) in [6.45, 7) is 1.27. The highest BCUT2D eigenvalue weighted by molar-refractivity contribution is 5.95. The van der Waals surface area contributed by atoms with Crippen molar-refractivity contribution in [1.82, 2.24) is 9.55 Å². The predicted octanol–water partition coefficient (Wildman–Crippen LogP) is 2.63. The molecule has 1 aromatic heterocycles. The lowest BCUT2D eigenvalue weighted by atomic mass is 9.85. The smallest absolute Gasteiger partial charge is 0.259 e. The van der Waals surface area contributed by atoms with E-state index in [2.05, 4.69) is 10.3 Å². The van der Waals surface area contributed by atoms with Crippen LogP contribution in [-0.4, -0.2) is 44.8 Å². The van der Waals surface area contributed by atoms with Crippen LogP contribution in [0.5, 0.6) is 0 Å². The fourth-order valence-corrected chi connectivity index (χ4v) is 3.63. The SMILES string of the molecule is Cc1nc2cc(NC(=O)C3CCCCC3(F)F)ccc2n1C(CO)CO. The molecule has 1 fully saturated rings. The van der Waals surface area contributed by atoms with Crippen LogP contribution in [0.25, 0.3) is 11.0 Å². The molecule has 2 aromatic rings. The summed E-state index contributed by atoms with van der Waals surface area (Å²) in [6, 6.07) is 4.41. The van der Waals surface area contributed by atoms with Gasteiger partial charge in [0.1, 0.15) is 11.7 Å². The number of aliphatic hydroxyl groups is 2. The number of halogens is 2. The first-order chi connectivity index (χ1) is 12.4. The van der Waals surface area contributed by atoms with Crippen molar-refractivity contribution in [3.8, 4) is 0 Å². The number of fused-ring (bicyclic) bond motifs is 1. The van der Waals surface area contributed by atoms with Crippen molar-refractivity contribution in [2.75, 3.05) is 18.5 Å². The number of aliphatic hydroxyl groups excluding tert-OH is 2. The third kappa shape index (κ3) is 3.43. The molecule has 1 aliphatic carbocycles. The molecule has 1 aliphatic rings. The first kappa shape index (κ1) is 18.7. The number of amides is 1. The zero-order valence-electron chi connectivity index (χ0n) is 14.6. The van der Waals surface area contributed by atoms with Crippen molar-refractivity contribution in [2.45, 2.75) is 44.6 Å². The molecule has 3 N–H and O–H groups in total. The van der Waals surface area contributed by atoms with Crippen LogP contribution in [0.3, 0.4) is 0 Å². The molecule has 0 spiro atoms. The van der Waals surface area contributed by atoms with E-state index in [0.29, 0.717) is 35.4 Å². The number of nitrogens with one attached hydrogen (secondary N) is 1. The number of carbonyl (C=O) groups excluding carboxylic acids is 1. The summed E-state index contributed by atoms with van der Waals surface area (Å²) in [5.41, 5.74) is 1.65. The molecule has 1 saturated carbocycles. The lowest BCUT2D eigenvalue weighted by Crippen LogP contribution is -2.40. The number of aromatic nitrogens is 2. The highest BCUT2D eigenvalue weighted by Gasteiger charge is 2.45. The van der Waals surface area contributed by atoms with E-state index in [9.17, 15) is 23.8 Å². The summed E-state index contributed by atoms with van der Waals surface area (Å²) >= 11 is 0. The summed E-state index contributed by atoms with van der Waals surface area (Å²) in [6.07, 6.45) is 0.997. The van der Waals surface area contributed by atoms with Crippen LogP contribution in [-0.2, 0) is 4.79 Å². The maximum atomic E-state index is 14.0. The van der Waals surface area contributed by atoms with Crippen molar-refractivity contribution in [3.05, 3.63) is 24.0 Å². The van der Waals surface area contributed by atoms with Gasteiger partial charge in [-0.15, -0.1) is 0 Å². The Morgan fingerprint density at radius 3 is 2.77 bits per heavy atom. The van der Waals surface area contributed by atoms with E-state index in [4.69, 9.17) is 0 Å². The molecular formula is C18H23F2N3O3. The van der Waals surface area contributed by atoms with Gasteiger partial charge in [0.15, 0.2) is 0 Å². The summed E-state index contributed by atoms with van der Waals surface area (Å²) in [7, 11) is 0. The Morgan fingerprint density at radius 1 is 1.38 bits per heavy atom. The molecule has 142 valence electrons. The molecular weight excluding hydrogens is 344 g/mol. The predicted molar refractivity (Wildman–Crippen MR) is 93.2 cm³/mol. The Bertz CT molecular complexity index is 802. The number of imidazole rings is 1. The number of aryl methyl sites for hydroxylation is 1. The second kappa shape index (κ2) is 7.28. The van der Waals surface area contributed by atoms with E-state index < -0.39 is 23.8 Å². The fraction of sp³-hybridized carbons (Fsp3) is 0.556. The van der Waals surface area contributed by atoms with E-state index >= 15 is 0 Å². The summed E-state index contributed by atoms with van der Waals surface area (Å²) in [5.74, 6) is -4.34. The highest BCUT2D eigenvalue weighted by atomic mass is 19.3. The van der Waals surface area contributed by atoms with E-state index in [1.54, 1.807) is 29.7 Å². The van der Waals surface area contributed by atoms with Gasteiger partial charge in [0, 0.05) is 12.1 Å². The average Bonchev–Trinajstić information content (AvgIpc) is 2.91. The Kier molecular flexibility index (Phi) is 5.24. The molecule has 26 heavy (non-hydrogen) atoms. The molecule has 1 amide bonds. The molecule has 1 unspecified atom stereocenters. The van der Waals surface area contributed by atoms with Crippen LogP contribution < -0.4 is 5.32 Å². The number of hydrogen-bond donors (Lipinski definition) is 3. The van der Waals surface area contributed by atoms with Crippen molar-refractivity contribution in [1.29, 1.82) is 0 Å². The van der Waals surface area contributed by atoms with Crippen LogP contribution >= 0.6 is 0 Å². The van der Waals surface area contributed by atoms with Gasteiger partial charge in [-0.1, -0.05) is 6.42 Å². The Labute approximate surface area is 149 Å². The summed E-state index contributed by atoms with van der Waals surface area (Å²) in [5, 5.41) is 21.4. The van der Waals surface area contributed by atoms with Gasteiger partial charge in [0.25, 0.3) is 5.92 Å². The molecule has 1 aromatic carbocycles. The topological polar surface area (TPSA) is 87.4 Å². The number of rotatable bonds is 5. The second-order valence-electron chi connectivity index (χ2n) is 6.80. The lowest BCUT2D eigenvalue weighted by molar-refractivity contribution is -0.140. The minimum atomic E-state index is -2.97. The first-order valence-corrected chi connectivity index (χ1v) is 8.76. The lowest BCUT2D eigenvalue weighted by Gasteiger charge is -2.30. The van der Waals surface area contributed by atoms with Crippen LogP contribution in [0.1, 0.15) is 37.5 Å². The number of carbonyl (C=O) groups is 1. The summed E-state index contributed by atoms with van der Waals surface area (Å²) in [4.78, 5) is 16.7. The van der Waals surface area contributed by atoms with Crippen molar-refractivity contribution >= 4 is 22.6 Å². The quantitative estimate of drug-likeness (QED) is 0.758. The van der Waals surface area contributed by atoms with Gasteiger partial charge in [0.05, 0.1) is 30.3 Å². The van der Waals surface area contributed by atoms with Crippen molar-refractivity contribution < 1.29 is 23.8 Å². The zero-order valence-corrected chi connectivity index (χ0v) is 14.6. The molecule has 1 atom stereocenters. The van der Waals surface area contributed by atoms with E-state index in [1.807, 2.05) is 0 Å². The minimum Gasteiger partial charge on any atom is -0.394 e. The van der Waals surface area contributed by atoms with Crippen LogP contribution in [0.2, 0.25) is 0 Å². The van der Waals surface area contributed by atoms with E-state index in [-0.39, 0.29) is 26.1 Å². The Hall–Kier alpha value is -2.06. The van der Waals surface area contributed by atoms with Gasteiger partial charge >= 0.3 is 0 Å². The van der Waals surface area contributed by atoms with Gasteiger partial charge in [-0.05, 0) is 38.0 Å². The molecule has 0 bridgehead atoms. The van der Waals surface area contributed by atoms with Crippen LogP contribution in [0.4, 0.5) is 14.5 Å². The number of alkyl halides is 2. The number of nitrogens with zero attached hydrogens (tertiary/aromatic N) is 2. The van der Waals surface area contributed by atoms with Gasteiger partial charge < -0.3 is 20.1 Å². The number of benzene rings is 1. The van der Waals surface area contributed by atoms with Gasteiger partial charge in [-0.25, -0.2) is 13.8 Å². The second-order valence-corrected chi connectivity index (χ2v) is 6.80. The number of hydrogen-bond acceptors (Lipinski definition) is 4. The maximum absolute atomic E-state index is 14.0. The van der Waals surface area contributed by atoms with Crippen LogP contribution in [0, 0.1) is 12.8 Å². The molecule has 0 aliphatic heterocycles. The van der Waals surface area contributed by atoms with Gasteiger partial charge in [0.2, 0.25) is 5.91 Å². The third-order valence-corrected chi connectivity index (χ3v) is 5.00. The standard InChI is InChI=1S/C18H23F2N3O3/c1-11-21-15-8-12(5-6-16(15)23(11)13(9-24)10-25)22-17(26)14-4-2-3-7-18(14,19)20/h5-6,8,13-14,24-25H,2-4,7,9-10H2,1H3,(H,22,26). The highest BCUT2D eigenvalue weighted by Crippen LogP contribution is 2.39. The van der Waals surface area contributed by atoms with Gasteiger partial charge in [-0.2, -0.15) is 0 Å². The Morgan fingerprint density at radius 2 is 2.12 bits per heavy atom. The first-order valence-electron chi connectivity index (χ1n) is 8.76. The molecule has 0 radical (unpaired) electrons. The Balaban J connectivity index is 1.85. The van der Waals surface area contributed by atoms with Crippen molar-refractivity contribution in [2.24, 2.45) is 5.92 Å². The summed E-state index contributed by atoms with van der Waals surface area (Å²) < 4.78 is 29.7. The molecule has 0 saturated heterocycles. The van der Waals surface area contributed by atoms with Gasteiger partial charge in [-0.3, -0.25) is 4.79 Å². The van der Waals surface area contributed by atoms with E-state index in [1.165, 1.54) is 0 Å².